The Morgan fingerprint density at radius 1 is 0.900 bits per heavy atom. The molecule has 8 rings (SSSR count). The van der Waals surface area contributed by atoms with Crippen molar-refractivity contribution in [2.45, 2.75) is 85.5 Å². The van der Waals surface area contributed by atoms with Crippen LogP contribution in [-0.2, 0) is 30.6 Å². The molecule has 8 aromatic rings. The van der Waals surface area contributed by atoms with Crippen LogP contribution in [0.3, 0.4) is 0 Å². The largest absolute Gasteiger partial charge is 0.501 e. The molecule has 0 aliphatic carbocycles. The summed E-state index contributed by atoms with van der Waals surface area (Å²) in [5, 5.41) is 22.2. The number of carbonyl (C=O) groups is 1. The summed E-state index contributed by atoms with van der Waals surface area (Å²) in [6, 6.07) is 33.8. The topological polar surface area (TPSA) is 124 Å². The zero-order valence-electron chi connectivity index (χ0n) is 35.6. The van der Waals surface area contributed by atoms with E-state index < -0.39 is 19.6 Å². The maximum absolute atomic E-state index is 11.3. The number of rotatable bonds is 8. The van der Waals surface area contributed by atoms with E-state index in [2.05, 4.69) is 116 Å². The van der Waals surface area contributed by atoms with Crippen LogP contribution in [0, 0.1) is 19.1 Å². The fourth-order valence-corrected chi connectivity index (χ4v) is 9.30. The normalized spacial score (nSPS) is 11.9. The van der Waals surface area contributed by atoms with Crippen molar-refractivity contribution in [3.63, 3.8) is 0 Å². The van der Waals surface area contributed by atoms with Crippen molar-refractivity contribution in [2.75, 3.05) is 0 Å². The fourth-order valence-electron chi connectivity index (χ4n) is 7.66. The first-order chi connectivity index (χ1) is 28.0. The van der Waals surface area contributed by atoms with E-state index in [0.29, 0.717) is 23.1 Å². The Morgan fingerprint density at radius 2 is 1.60 bits per heavy atom. The molecule has 311 valence electrons. The van der Waals surface area contributed by atoms with E-state index in [0.717, 1.165) is 60.8 Å². The minimum Gasteiger partial charge on any atom is -0.501 e. The summed E-state index contributed by atoms with van der Waals surface area (Å²) in [7, 11) is -1.66. The summed E-state index contributed by atoms with van der Waals surface area (Å²) in [5.74, 6) is 0.682. The van der Waals surface area contributed by atoms with Crippen LogP contribution in [0.4, 0.5) is 0 Å². The Labute approximate surface area is 365 Å². The predicted octanol–water partition coefficient (Wildman–Crippen LogP) is 11.3. The monoisotopic (exact) mass is 995 g/mol. The van der Waals surface area contributed by atoms with Gasteiger partial charge in [0.05, 0.1) is 41.8 Å². The van der Waals surface area contributed by atoms with Gasteiger partial charge in [0, 0.05) is 43.6 Å². The van der Waals surface area contributed by atoms with Crippen LogP contribution >= 0.6 is 0 Å². The second kappa shape index (κ2) is 17.4. The fraction of sp³-hybridized carbons (Fsp3) is 0.265. The molecule has 2 N–H and O–H groups in total. The van der Waals surface area contributed by atoms with Crippen molar-refractivity contribution in [2.24, 2.45) is 0 Å². The number of pyridine rings is 2. The van der Waals surface area contributed by atoms with E-state index in [4.69, 9.17) is 14.7 Å². The number of aliphatic hydroxyl groups is 1. The molecule has 9 nitrogen and oxygen atoms in total. The molecule has 0 atom stereocenters. The van der Waals surface area contributed by atoms with E-state index in [-0.39, 0.29) is 25.7 Å². The van der Waals surface area contributed by atoms with Gasteiger partial charge in [0.2, 0.25) is 0 Å². The van der Waals surface area contributed by atoms with Crippen LogP contribution in [0.5, 0.6) is 0 Å². The molecule has 11 heteroatoms. The van der Waals surface area contributed by atoms with E-state index in [1.165, 1.54) is 28.9 Å². The van der Waals surface area contributed by atoms with Gasteiger partial charge in [-0.2, -0.15) is 0 Å². The molecular weight excluding hydrogens is 945 g/mol. The summed E-state index contributed by atoms with van der Waals surface area (Å²) in [6.45, 7) is 21.2. The molecule has 0 aliphatic heterocycles. The number of aryl methyl sites for hydroxylation is 1. The van der Waals surface area contributed by atoms with E-state index in [1.54, 1.807) is 19.9 Å². The number of benzene rings is 4. The maximum Gasteiger partial charge on any atom is 0.333 e. The first kappa shape index (κ1) is 44.3. The quantitative estimate of drug-likeness (QED) is 0.0668. The first-order valence-corrected chi connectivity index (χ1v) is 23.4. The number of carbonyl (C=O) groups excluding carboxylic acids is 1. The van der Waals surface area contributed by atoms with Crippen LogP contribution in [0.2, 0.25) is 19.6 Å². The minimum absolute atomic E-state index is 0. The number of hydrogen-bond donors (Lipinski definition) is 2. The van der Waals surface area contributed by atoms with Crippen molar-refractivity contribution in [1.82, 2.24) is 19.5 Å². The molecule has 1 radical (unpaired) electrons. The van der Waals surface area contributed by atoms with Gasteiger partial charge in [-0.25, -0.2) is 5.26 Å². The number of nitrogens with zero attached hydrogens (tertiary/aromatic N) is 4. The maximum atomic E-state index is 11.3. The van der Waals surface area contributed by atoms with Crippen molar-refractivity contribution in [3.05, 3.63) is 137 Å². The van der Waals surface area contributed by atoms with E-state index in [1.807, 2.05) is 48.8 Å². The van der Waals surface area contributed by atoms with Gasteiger partial charge < -0.3 is 24.0 Å². The molecule has 4 heterocycles. The summed E-state index contributed by atoms with van der Waals surface area (Å²) in [4.78, 5) is 29.3. The SMILES string of the molecule is CC(C)(O)c1cc(-c2[c-]cc(C(=O)OO)cc2)ncc1[Si](C)(C)C.Cc1nccc2nc(-c3[c-]ccc4c3oc3ccccc34)n(-c3c(C(C)C)cccc3C(C)C)c12.[Ir]. The number of hydrogen-bond acceptors (Lipinski definition) is 8. The van der Waals surface area contributed by atoms with Gasteiger partial charge in [-0.15, -0.1) is 48.0 Å². The zero-order chi connectivity index (χ0) is 42.4. The molecular formula is C49H50IrN4O5Si-2. The second-order valence-electron chi connectivity index (χ2n) is 17.1. The van der Waals surface area contributed by atoms with Gasteiger partial charge in [-0.3, -0.25) is 14.8 Å². The third-order valence-corrected chi connectivity index (χ3v) is 12.7. The van der Waals surface area contributed by atoms with Crippen LogP contribution in [0.25, 0.3) is 61.3 Å². The van der Waals surface area contributed by atoms with Crippen molar-refractivity contribution in [3.8, 4) is 28.3 Å². The Balaban J connectivity index is 0.000000213. The smallest absolute Gasteiger partial charge is 0.333 e. The standard InChI is InChI=1S/C31H28N3O.C18H22NO4Si.Ir/c1-18(2)21-11-8-12-22(19(3)4)29(21)34-28-20(5)32-17-16-26(28)33-31(34)25-14-9-13-24-23-10-6-7-15-27(23)35-30(24)25;1-18(2,21)14-10-15(19-11-16(14)24(3,4)5)12-6-8-13(9-7-12)17(20)23-22;/h6-13,15-19H,1-5H3;6,8-11,21-22H,1-5H3;/q2*-1;. The van der Waals surface area contributed by atoms with Gasteiger partial charge in [-0.05, 0) is 77.9 Å². The molecule has 0 aliphatic rings. The molecule has 60 heavy (non-hydrogen) atoms. The van der Waals surface area contributed by atoms with Gasteiger partial charge in [0.25, 0.3) is 0 Å². The number of fused-ring (bicyclic) bond motifs is 4. The molecule has 4 aromatic carbocycles. The number of imidazole rings is 1. The average Bonchev–Trinajstić information content (AvgIpc) is 3.79. The third-order valence-electron chi connectivity index (χ3n) is 10.7. The molecule has 0 spiro atoms. The molecule has 0 fully saturated rings. The summed E-state index contributed by atoms with van der Waals surface area (Å²) in [5.41, 5.74) is 10.6. The van der Waals surface area contributed by atoms with E-state index in [9.17, 15) is 9.90 Å². The van der Waals surface area contributed by atoms with Gasteiger partial charge in [0.15, 0.2) is 0 Å². The minimum atomic E-state index is -1.66. The Bertz CT molecular complexity index is 2810. The third kappa shape index (κ3) is 8.51. The summed E-state index contributed by atoms with van der Waals surface area (Å²) < 4.78 is 8.72. The van der Waals surface area contributed by atoms with Crippen molar-refractivity contribution in [1.29, 1.82) is 0 Å². The predicted molar refractivity (Wildman–Crippen MR) is 238 cm³/mol. The van der Waals surface area contributed by atoms with Gasteiger partial charge in [0.1, 0.15) is 5.58 Å². The van der Waals surface area contributed by atoms with Crippen molar-refractivity contribution >= 4 is 52.2 Å². The number of furan rings is 1. The second-order valence-corrected chi connectivity index (χ2v) is 22.2. The van der Waals surface area contributed by atoms with Crippen LogP contribution in [0.1, 0.15) is 86.1 Å². The molecule has 4 aromatic heterocycles. The van der Waals surface area contributed by atoms with Crippen molar-refractivity contribution < 1.29 is 44.6 Å². The molecule has 0 saturated heterocycles. The molecule has 0 amide bonds. The molecule has 0 unspecified atom stereocenters. The molecule has 0 bridgehead atoms. The first-order valence-electron chi connectivity index (χ1n) is 19.9. The average molecular weight is 995 g/mol. The summed E-state index contributed by atoms with van der Waals surface area (Å²) in [6.07, 6.45) is 3.67. The number of aromatic nitrogens is 4. The number of para-hydroxylation sites is 2. The zero-order valence-corrected chi connectivity index (χ0v) is 39.0. The van der Waals surface area contributed by atoms with Crippen LogP contribution < -0.4 is 5.19 Å². The van der Waals surface area contributed by atoms with E-state index >= 15 is 0 Å². The van der Waals surface area contributed by atoms with Gasteiger partial charge in [-0.1, -0.05) is 101 Å². The Morgan fingerprint density at radius 3 is 2.22 bits per heavy atom. The Kier molecular flexibility index (Phi) is 12.8. The van der Waals surface area contributed by atoms with Crippen LogP contribution in [-0.4, -0.2) is 43.9 Å². The Hall–Kier alpha value is -5.29. The van der Waals surface area contributed by atoms with Gasteiger partial charge >= 0.3 is 5.97 Å². The molecule has 0 saturated carbocycles. The van der Waals surface area contributed by atoms with Crippen LogP contribution in [0.15, 0.2) is 102 Å². The summed E-state index contributed by atoms with van der Waals surface area (Å²) >= 11 is 0.